The summed E-state index contributed by atoms with van der Waals surface area (Å²) in [6.45, 7) is 9.48. The van der Waals surface area contributed by atoms with Gasteiger partial charge >= 0.3 is 11.9 Å². The van der Waals surface area contributed by atoms with E-state index in [1.807, 2.05) is 0 Å². The summed E-state index contributed by atoms with van der Waals surface area (Å²) in [5.74, 6) is -1.18. The summed E-state index contributed by atoms with van der Waals surface area (Å²) in [5, 5.41) is 11.6. The Bertz CT molecular complexity index is 1020. The number of esters is 2. The summed E-state index contributed by atoms with van der Waals surface area (Å²) >= 11 is 0. The second-order valence-electron chi connectivity index (χ2n) is 16.5. The van der Waals surface area contributed by atoms with Gasteiger partial charge in [-0.05, 0) is 78.1 Å². The fourth-order valence-corrected chi connectivity index (χ4v) is 7.21. The van der Waals surface area contributed by atoms with Gasteiger partial charge in [0, 0.05) is 38.8 Å². The van der Waals surface area contributed by atoms with Gasteiger partial charge in [-0.15, -0.1) is 0 Å². The van der Waals surface area contributed by atoms with Gasteiger partial charge in [0.05, 0.1) is 13.2 Å². The summed E-state index contributed by atoms with van der Waals surface area (Å²) in [6, 6.07) is -1.45. The molecule has 0 bridgehead atoms. The Morgan fingerprint density at radius 1 is 0.350 bits per heavy atom. The highest BCUT2D eigenvalue weighted by molar-refractivity contribution is 5.85. The number of carbonyl (C=O) groups excluding carboxylic acids is 6. The van der Waals surface area contributed by atoms with E-state index in [-0.39, 0.29) is 49.7 Å². The van der Waals surface area contributed by atoms with Crippen LogP contribution in [0.4, 0.5) is 0 Å². The molecule has 0 aliphatic rings. The van der Waals surface area contributed by atoms with Gasteiger partial charge in [-0.3, -0.25) is 19.2 Å². The van der Waals surface area contributed by atoms with E-state index >= 15 is 0 Å². The maximum absolute atomic E-state index is 12.7. The molecule has 0 aromatic heterocycles. The Morgan fingerprint density at radius 2 is 0.633 bits per heavy atom. The molecule has 0 aromatic carbocycles. The van der Waals surface area contributed by atoms with Crippen LogP contribution >= 0.6 is 0 Å². The fourth-order valence-electron chi connectivity index (χ4n) is 7.21. The van der Waals surface area contributed by atoms with Crippen molar-refractivity contribution in [3.05, 3.63) is 0 Å². The topological polar surface area (TPSA) is 169 Å². The Morgan fingerprint density at radius 3 is 0.933 bits per heavy atom. The third-order valence-electron chi connectivity index (χ3n) is 10.9. The monoisotopic (exact) mass is 851 g/mol. The molecular formula is C48H90N4O8. The van der Waals surface area contributed by atoms with Crippen LogP contribution in [0.5, 0.6) is 0 Å². The highest BCUT2D eigenvalue weighted by Crippen LogP contribution is 2.13. The van der Waals surface area contributed by atoms with E-state index in [0.29, 0.717) is 77.3 Å². The fraction of sp³-hybridized carbons (Fsp3) is 0.875. The molecule has 0 spiro atoms. The number of amides is 4. The first kappa shape index (κ1) is 56.8. The standard InChI is InChI=1S/C48H90N4O8/c1-5-9-11-13-15-17-19-21-25-35-43(53)49-39-31-29-33-41(47(57)59-7-3)51-45(55)37-27-23-24-28-38-46(56)52-42(48(58)60-8-4)34-30-32-40-50-44(54)36-26-22-20-18-16-14-12-10-6-2/h41-42H,5-40H2,1-4H3,(H,49,53)(H,50,54)(H,51,55)(H,52,56)/t41-,42-/m0/s1. The molecule has 60 heavy (non-hydrogen) atoms. The molecular weight excluding hydrogens is 761 g/mol. The molecule has 12 heteroatoms. The van der Waals surface area contributed by atoms with Gasteiger partial charge in [0.25, 0.3) is 0 Å². The number of unbranched alkanes of at least 4 members (excludes halogenated alkanes) is 21. The van der Waals surface area contributed by atoms with Gasteiger partial charge < -0.3 is 30.7 Å². The van der Waals surface area contributed by atoms with E-state index in [1.54, 1.807) is 13.8 Å². The lowest BCUT2D eigenvalue weighted by molar-refractivity contribution is -0.148. The van der Waals surface area contributed by atoms with Gasteiger partial charge in [-0.2, -0.15) is 0 Å². The highest BCUT2D eigenvalue weighted by atomic mass is 16.5. The molecule has 4 N–H and O–H groups in total. The summed E-state index contributed by atoms with van der Waals surface area (Å²) in [5.41, 5.74) is 0. The van der Waals surface area contributed by atoms with Crippen LogP contribution < -0.4 is 21.3 Å². The molecule has 0 aromatic rings. The first-order valence-electron chi connectivity index (χ1n) is 24.6. The van der Waals surface area contributed by atoms with Crippen LogP contribution in [0.2, 0.25) is 0 Å². The smallest absolute Gasteiger partial charge is 0.328 e. The molecule has 0 radical (unpaired) electrons. The van der Waals surface area contributed by atoms with Crippen molar-refractivity contribution in [3.8, 4) is 0 Å². The molecule has 0 unspecified atom stereocenters. The van der Waals surface area contributed by atoms with Crippen LogP contribution in [0.1, 0.15) is 233 Å². The lowest BCUT2D eigenvalue weighted by atomic mass is 10.1. The second-order valence-corrected chi connectivity index (χ2v) is 16.5. The maximum atomic E-state index is 12.7. The van der Waals surface area contributed by atoms with E-state index in [4.69, 9.17) is 9.47 Å². The number of hydrogen-bond acceptors (Lipinski definition) is 8. The normalized spacial score (nSPS) is 12.0. The molecule has 350 valence electrons. The maximum Gasteiger partial charge on any atom is 0.328 e. The summed E-state index contributed by atoms with van der Waals surface area (Å²) in [6.07, 6.45) is 29.9. The van der Waals surface area contributed by atoms with Crippen LogP contribution in [-0.2, 0) is 38.2 Å². The zero-order valence-corrected chi connectivity index (χ0v) is 38.9. The van der Waals surface area contributed by atoms with Crippen LogP contribution in [0.25, 0.3) is 0 Å². The Kier molecular flexibility index (Phi) is 40.3. The van der Waals surface area contributed by atoms with Gasteiger partial charge in [0.2, 0.25) is 23.6 Å². The first-order valence-corrected chi connectivity index (χ1v) is 24.6. The van der Waals surface area contributed by atoms with Crippen LogP contribution in [0.15, 0.2) is 0 Å². The van der Waals surface area contributed by atoms with Crippen molar-refractivity contribution in [2.75, 3.05) is 26.3 Å². The van der Waals surface area contributed by atoms with Crippen molar-refractivity contribution in [1.29, 1.82) is 0 Å². The Balaban J connectivity index is 4.24. The minimum Gasteiger partial charge on any atom is -0.464 e. The average molecular weight is 851 g/mol. The van der Waals surface area contributed by atoms with Crippen LogP contribution in [-0.4, -0.2) is 74.0 Å². The molecule has 0 saturated carbocycles. The molecule has 0 aliphatic carbocycles. The second kappa shape index (κ2) is 42.5. The van der Waals surface area contributed by atoms with Gasteiger partial charge in [-0.1, -0.05) is 129 Å². The van der Waals surface area contributed by atoms with Gasteiger partial charge in [-0.25, -0.2) is 9.59 Å². The van der Waals surface area contributed by atoms with E-state index in [0.717, 1.165) is 38.5 Å². The first-order chi connectivity index (χ1) is 29.2. The number of carbonyl (C=O) groups is 6. The van der Waals surface area contributed by atoms with Crippen molar-refractivity contribution in [2.24, 2.45) is 0 Å². The Hall–Kier alpha value is -3.18. The molecule has 4 amide bonds. The average Bonchev–Trinajstić information content (AvgIpc) is 3.22. The number of hydrogen-bond donors (Lipinski definition) is 4. The molecule has 2 atom stereocenters. The lowest BCUT2D eigenvalue weighted by Crippen LogP contribution is -2.42. The third-order valence-corrected chi connectivity index (χ3v) is 10.9. The predicted molar refractivity (Wildman–Crippen MR) is 242 cm³/mol. The third kappa shape index (κ3) is 36.7. The lowest BCUT2D eigenvalue weighted by Gasteiger charge is -2.18. The zero-order valence-electron chi connectivity index (χ0n) is 38.9. The molecule has 0 heterocycles. The quantitative estimate of drug-likeness (QED) is 0.0347. The summed E-state index contributed by atoms with van der Waals surface area (Å²) < 4.78 is 10.4. The number of rotatable bonds is 43. The highest BCUT2D eigenvalue weighted by Gasteiger charge is 2.23. The van der Waals surface area contributed by atoms with E-state index < -0.39 is 24.0 Å². The largest absolute Gasteiger partial charge is 0.464 e. The van der Waals surface area contributed by atoms with Crippen molar-refractivity contribution in [1.82, 2.24) is 21.3 Å². The van der Waals surface area contributed by atoms with E-state index in [9.17, 15) is 28.8 Å². The van der Waals surface area contributed by atoms with Gasteiger partial charge in [0.1, 0.15) is 12.1 Å². The molecule has 0 rings (SSSR count). The summed E-state index contributed by atoms with van der Waals surface area (Å²) in [4.78, 5) is 74.9. The minimum atomic E-state index is -0.723. The zero-order chi connectivity index (χ0) is 44.3. The van der Waals surface area contributed by atoms with Crippen molar-refractivity contribution in [3.63, 3.8) is 0 Å². The molecule has 0 fully saturated rings. The van der Waals surface area contributed by atoms with Crippen LogP contribution in [0, 0.1) is 0 Å². The van der Waals surface area contributed by atoms with E-state index in [2.05, 4.69) is 35.1 Å². The summed E-state index contributed by atoms with van der Waals surface area (Å²) in [7, 11) is 0. The Labute approximate surface area is 365 Å². The van der Waals surface area contributed by atoms with Gasteiger partial charge in [0.15, 0.2) is 0 Å². The van der Waals surface area contributed by atoms with Crippen molar-refractivity contribution < 1.29 is 38.2 Å². The molecule has 0 saturated heterocycles. The number of ether oxygens (including phenoxy) is 2. The molecule has 12 nitrogen and oxygen atoms in total. The minimum absolute atomic E-state index is 0.0682. The predicted octanol–water partition coefficient (Wildman–Crippen LogP) is 9.84. The van der Waals surface area contributed by atoms with Crippen molar-refractivity contribution in [2.45, 2.75) is 245 Å². The van der Waals surface area contributed by atoms with Crippen LogP contribution in [0.3, 0.4) is 0 Å². The SMILES string of the molecule is CCCCCCCCCCCC(=O)NCCCC[C@H](NC(=O)CCCCCCC(=O)N[C@@H](CCCCNC(=O)CCCCCCCCCCC)C(=O)OCC)C(=O)OCC. The molecule has 0 aliphatic heterocycles. The van der Waals surface area contributed by atoms with E-state index in [1.165, 1.54) is 89.9 Å². The number of nitrogens with one attached hydrogen (secondary N) is 4. The van der Waals surface area contributed by atoms with Crippen molar-refractivity contribution >= 4 is 35.6 Å².